The molecule has 1 saturated heterocycles. The van der Waals surface area contributed by atoms with Gasteiger partial charge in [-0.15, -0.1) is 17.5 Å². The summed E-state index contributed by atoms with van der Waals surface area (Å²) in [5.41, 5.74) is 0.942. The van der Waals surface area contributed by atoms with Gasteiger partial charge in [0.05, 0.1) is 12.2 Å². The van der Waals surface area contributed by atoms with Crippen LogP contribution in [0.25, 0.3) is 0 Å². The zero-order chi connectivity index (χ0) is 15.6. The van der Waals surface area contributed by atoms with Crippen LogP contribution in [-0.4, -0.2) is 40.8 Å². The van der Waals surface area contributed by atoms with Crippen molar-refractivity contribution in [3.8, 4) is 11.5 Å². The minimum absolute atomic E-state index is 0. The van der Waals surface area contributed by atoms with Crippen molar-refractivity contribution < 1.29 is 14.3 Å². The second kappa shape index (κ2) is 7.06. The monoisotopic (exact) mass is 351 g/mol. The van der Waals surface area contributed by atoms with Gasteiger partial charge < -0.3 is 20.1 Å². The van der Waals surface area contributed by atoms with Crippen LogP contribution < -0.4 is 20.1 Å². The van der Waals surface area contributed by atoms with Gasteiger partial charge in [0.2, 0.25) is 6.79 Å². The lowest BCUT2D eigenvalue weighted by atomic mass is 10.1. The Morgan fingerprint density at radius 1 is 1.25 bits per heavy atom. The number of fused-ring (bicyclic) bond motifs is 1. The molecule has 4 rings (SSSR count). The highest BCUT2D eigenvalue weighted by Crippen LogP contribution is 2.34. The molecule has 24 heavy (non-hydrogen) atoms. The van der Waals surface area contributed by atoms with E-state index in [0.29, 0.717) is 28.9 Å². The van der Waals surface area contributed by atoms with Gasteiger partial charge in [0.25, 0.3) is 5.91 Å². The van der Waals surface area contributed by atoms with Crippen LogP contribution in [0.3, 0.4) is 0 Å². The first kappa shape index (κ1) is 16.5. The number of nitrogens with zero attached hydrogens (tertiary/aromatic N) is 3. The molecule has 0 radical (unpaired) electrons. The van der Waals surface area contributed by atoms with Crippen LogP contribution in [0, 0.1) is 0 Å². The van der Waals surface area contributed by atoms with Crippen molar-refractivity contribution in [1.29, 1.82) is 0 Å². The summed E-state index contributed by atoms with van der Waals surface area (Å²) in [7, 11) is 0. The number of halogens is 1. The van der Waals surface area contributed by atoms with E-state index < -0.39 is 0 Å². The lowest BCUT2D eigenvalue weighted by Crippen LogP contribution is -2.29. The Kier molecular flexibility index (Phi) is 4.86. The molecule has 2 aliphatic heterocycles. The van der Waals surface area contributed by atoms with Crippen molar-refractivity contribution in [2.75, 3.05) is 25.2 Å². The number of aromatic nitrogens is 3. The molecule has 8 nitrogen and oxygen atoms in total. The molecule has 2 aromatic rings. The first-order chi connectivity index (χ1) is 11.3. The highest BCUT2D eigenvalue weighted by molar-refractivity contribution is 6.02. The number of hydrogen-bond donors (Lipinski definition) is 2. The molecule has 1 aromatic heterocycles. The van der Waals surface area contributed by atoms with E-state index in [0.717, 1.165) is 25.9 Å². The third-order valence-corrected chi connectivity index (χ3v) is 4.06. The number of carbonyl (C=O) groups excluding carboxylic acids is 1. The quantitative estimate of drug-likeness (QED) is 0.873. The molecule has 0 unspecified atom stereocenters. The minimum Gasteiger partial charge on any atom is -0.454 e. The number of rotatable bonds is 3. The summed E-state index contributed by atoms with van der Waals surface area (Å²) >= 11 is 0. The van der Waals surface area contributed by atoms with Gasteiger partial charge in [0.15, 0.2) is 17.2 Å². The summed E-state index contributed by atoms with van der Waals surface area (Å²) < 4.78 is 12.3. The van der Waals surface area contributed by atoms with Gasteiger partial charge >= 0.3 is 0 Å². The molecule has 128 valence electrons. The lowest BCUT2D eigenvalue weighted by molar-refractivity contribution is 0.102. The predicted molar refractivity (Wildman–Crippen MR) is 88.9 cm³/mol. The maximum absolute atomic E-state index is 12.3. The van der Waals surface area contributed by atoms with Crippen molar-refractivity contribution in [1.82, 2.24) is 20.3 Å². The predicted octanol–water partition coefficient (Wildman–Crippen LogP) is 1.61. The Morgan fingerprint density at radius 2 is 2.04 bits per heavy atom. The molecular formula is C15H18ClN5O3. The summed E-state index contributed by atoms with van der Waals surface area (Å²) in [6.45, 7) is 2.13. The van der Waals surface area contributed by atoms with Crippen LogP contribution in [-0.2, 0) is 0 Å². The van der Waals surface area contributed by atoms with Gasteiger partial charge in [-0.1, -0.05) is 5.21 Å². The van der Waals surface area contributed by atoms with Gasteiger partial charge in [-0.3, -0.25) is 4.79 Å². The van der Waals surface area contributed by atoms with E-state index in [1.165, 1.54) is 0 Å². The standard InChI is InChI=1S/C15H17N5O3.ClH/c21-15(17-10-1-2-13-14(7-10)23-9-22-13)12-8-20(19-18-12)11-3-5-16-6-4-11;/h1-2,7-8,11,16H,3-6,9H2,(H,17,21);1H. The fourth-order valence-corrected chi connectivity index (χ4v) is 2.80. The average Bonchev–Trinajstić information content (AvgIpc) is 3.24. The first-order valence-corrected chi connectivity index (χ1v) is 7.63. The second-order valence-electron chi connectivity index (χ2n) is 5.59. The molecule has 2 aliphatic rings. The van der Waals surface area contributed by atoms with Gasteiger partial charge in [0.1, 0.15) is 0 Å². The fraction of sp³-hybridized carbons (Fsp3) is 0.400. The van der Waals surface area contributed by atoms with Crippen molar-refractivity contribution in [2.45, 2.75) is 18.9 Å². The normalized spacial score (nSPS) is 16.5. The first-order valence-electron chi connectivity index (χ1n) is 7.63. The molecule has 0 atom stereocenters. The summed E-state index contributed by atoms with van der Waals surface area (Å²) in [5, 5.41) is 14.2. The number of anilines is 1. The van der Waals surface area contributed by atoms with Gasteiger partial charge in [-0.25, -0.2) is 4.68 Å². The zero-order valence-corrected chi connectivity index (χ0v) is 13.7. The number of nitrogens with one attached hydrogen (secondary N) is 2. The largest absolute Gasteiger partial charge is 0.454 e. The highest BCUT2D eigenvalue weighted by atomic mass is 35.5. The Bertz CT molecular complexity index is 730. The van der Waals surface area contributed by atoms with E-state index in [1.54, 1.807) is 29.1 Å². The molecule has 0 spiro atoms. The van der Waals surface area contributed by atoms with Crippen molar-refractivity contribution in [3.63, 3.8) is 0 Å². The molecule has 1 fully saturated rings. The van der Waals surface area contributed by atoms with Gasteiger partial charge in [-0.05, 0) is 38.1 Å². The van der Waals surface area contributed by atoms with E-state index in [9.17, 15) is 4.79 Å². The molecule has 1 aromatic carbocycles. The number of hydrogen-bond acceptors (Lipinski definition) is 6. The SMILES string of the molecule is Cl.O=C(Nc1ccc2c(c1)OCO2)c1cn(C2CCNCC2)nn1. The molecule has 3 heterocycles. The number of ether oxygens (including phenoxy) is 2. The number of benzene rings is 1. The maximum atomic E-state index is 12.3. The third-order valence-electron chi connectivity index (χ3n) is 4.06. The summed E-state index contributed by atoms with van der Waals surface area (Å²) in [4.78, 5) is 12.3. The topological polar surface area (TPSA) is 90.3 Å². The minimum atomic E-state index is -0.288. The number of carbonyl (C=O) groups is 1. The van der Waals surface area contributed by atoms with Crippen molar-refractivity contribution in [2.24, 2.45) is 0 Å². The third kappa shape index (κ3) is 3.29. The Labute approximate surface area is 144 Å². The summed E-state index contributed by atoms with van der Waals surface area (Å²) in [6.07, 6.45) is 3.69. The number of piperidine rings is 1. The average molecular weight is 352 g/mol. The van der Waals surface area contributed by atoms with Crippen molar-refractivity contribution >= 4 is 24.0 Å². The Morgan fingerprint density at radius 3 is 2.88 bits per heavy atom. The van der Waals surface area contributed by atoms with Gasteiger partial charge in [0, 0.05) is 11.8 Å². The van der Waals surface area contributed by atoms with Crippen LogP contribution in [0.1, 0.15) is 29.4 Å². The van der Waals surface area contributed by atoms with Crippen LogP contribution in [0.4, 0.5) is 5.69 Å². The zero-order valence-electron chi connectivity index (χ0n) is 12.9. The molecule has 2 N–H and O–H groups in total. The maximum Gasteiger partial charge on any atom is 0.277 e. The van der Waals surface area contributed by atoms with Crippen molar-refractivity contribution in [3.05, 3.63) is 30.1 Å². The fourth-order valence-electron chi connectivity index (χ4n) is 2.80. The van der Waals surface area contributed by atoms with E-state index in [1.807, 2.05) is 0 Å². The summed E-state index contributed by atoms with van der Waals surface area (Å²) in [5.74, 6) is 1.02. The molecular weight excluding hydrogens is 334 g/mol. The number of amides is 1. The Balaban J connectivity index is 0.00000169. The second-order valence-corrected chi connectivity index (χ2v) is 5.59. The van der Waals surface area contributed by atoms with Crippen LogP contribution in [0.2, 0.25) is 0 Å². The van der Waals surface area contributed by atoms with Crippen LogP contribution >= 0.6 is 12.4 Å². The van der Waals surface area contributed by atoms with E-state index >= 15 is 0 Å². The smallest absolute Gasteiger partial charge is 0.277 e. The molecule has 0 bridgehead atoms. The molecule has 9 heteroatoms. The highest BCUT2D eigenvalue weighted by Gasteiger charge is 2.19. The van der Waals surface area contributed by atoms with Gasteiger partial charge in [-0.2, -0.15) is 0 Å². The Hall–Kier alpha value is -2.32. The van der Waals surface area contributed by atoms with Crippen LogP contribution in [0.15, 0.2) is 24.4 Å². The summed E-state index contributed by atoms with van der Waals surface area (Å²) in [6, 6.07) is 5.57. The molecule has 0 aliphatic carbocycles. The lowest BCUT2D eigenvalue weighted by Gasteiger charge is -2.22. The van der Waals surface area contributed by atoms with Crippen LogP contribution in [0.5, 0.6) is 11.5 Å². The van der Waals surface area contributed by atoms with E-state index in [4.69, 9.17) is 9.47 Å². The van der Waals surface area contributed by atoms with E-state index in [-0.39, 0.29) is 25.1 Å². The molecule has 1 amide bonds. The van der Waals surface area contributed by atoms with E-state index in [2.05, 4.69) is 20.9 Å². The molecule has 0 saturated carbocycles.